The van der Waals surface area contributed by atoms with Gasteiger partial charge in [-0.15, -0.1) is 0 Å². The number of aliphatic carboxylic acids is 2. The molecule has 0 aliphatic heterocycles. The molecule has 0 amide bonds. The number of carbonyl (C=O) groups is 2. The Morgan fingerprint density at radius 3 is 1.08 bits per heavy atom. The minimum absolute atomic E-state index is 0. The number of carboxylic acids is 2. The van der Waals surface area contributed by atoms with Crippen molar-refractivity contribution in [1.82, 2.24) is 0 Å². The van der Waals surface area contributed by atoms with Gasteiger partial charge in [0.1, 0.15) is 12.1 Å². The second-order valence-electron chi connectivity index (χ2n) is 2.25. The fourth-order valence-corrected chi connectivity index (χ4v) is 0. The van der Waals surface area contributed by atoms with Gasteiger partial charge in [-0.3, -0.25) is 9.59 Å². The van der Waals surface area contributed by atoms with Crippen molar-refractivity contribution in [3.63, 3.8) is 0 Å². The molecule has 0 aromatic rings. The van der Waals surface area contributed by atoms with Crippen LogP contribution in [0.25, 0.3) is 0 Å². The van der Waals surface area contributed by atoms with E-state index in [1.807, 2.05) is 0 Å². The van der Waals surface area contributed by atoms with E-state index in [-0.39, 0.29) is 17.1 Å². The Balaban J connectivity index is -0.000000143. The van der Waals surface area contributed by atoms with Crippen LogP contribution in [0.3, 0.4) is 0 Å². The molecular formula is C6H14MnN2O4+2. The third-order valence-corrected chi connectivity index (χ3v) is 0.779. The van der Waals surface area contributed by atoms with Gasteiger partial charge in [0, 0.05) is 0 Å². The summed E-state index contributed by atoms with van der Waals surface area (Å²) in [6.07, 6.45) is 0. The maximum absolute atomic E-state index is 9.57. The fourth-order valence-electron chi connectivity index (χ4n) is 0. The van der Waals surface area contributed by atoms with Crippen LogP contribution in [-0.4, -0.2) is 34.2 Å². The summed E-state index contributed by atoms with van der Waals surface area (Å²) < 4.78 is 0. The zero-order valence-corrected chi connectivity index (χ0v) is 8.58. The van der Waals surface area contributed by atoms with E-state index in [9.17, 15) is 9.59 Å². The van der Waals surface area contributed by atoms with Crippen LogP contribution < -0.4 is 11.5 Å². The number of nitrogens with two attached hydrogens (primary N) is 2. The molecule has 1 radical (unpaired) electrons. The number of carboxylic acid groups (broad SMARTS) is 2. The zero-order valence-electron chi connectivity index (χ0n) is 7.40. The van der Waals surface area contributed by atoms with Crippen molar-refractivity contribution in [1.29, 1.82) is 0 Å². The normalized spacial score (nSPS) is 12.6. The van der Waals surface area contributed by atoms with E-state index >= 15 is 0 Å². The van der Waals surface area contributed by atoms with Gasteiger partial charge in [-0.1, -0.05) is 0 Å². The average molecular weight is 233 g/mol. The van der Waals surface area contributed by atoms with Crippen LogP contribution in [0.15, 0.2) is 0 Å². The summed E-state index contributed by atoms with van der Waals surface area (Å²) >= 11 is 0. The van der Waals surface area contributed by atoms with Crippen molar-refractivity contribution in [2.24, 2.45) is 11.5 Å². The molecule has 0 fully saturated rings. The van der Waals surface area contributed by atoms with E-state index in [0.717, 1.165) is 0 Å². The first-order valence-corrected chi connectivity index (χ1v) is 3.25. The van der Waals surface area contributed by atoms with Gasteiger partial charge in [-0.25, -0.2) is 0 Å². The van der Waals surface area contributed by atoms with Gasteiger partial charge in [0.15, 0.2) is 0 Å². The first-order valence-electron chi connectivity index (χ1n) is 3.25. The van der Waals surface area contributed by atoms with E-state index in [0.29, 0.717) is 0 Å². The SMILES string of the molecule is C[C@H](N)C(=O)O.C[C@H](N)C(=O)O.[Mn+2]. The molecule has 13 heavy (non-hydrogen) atoms. The standard InChI is InChI=1S/2C3H7NO2.Mn/c2*1-2(4)3(5)6;/h2*2H,4H2,1H3,(H,5,6);/q;;+2/t2*2-;/m00./s1. The van der Waals surface area contributed by atoms with E-state index in [2.05, 4.69) is 0 Å². The van der Waals surface area contributed by atoms with Gasteiger partial charge in [0.05, 0.1) is 0 Å². The Morgan fingerprint density at radius 1 is 1.00 bits per heavy atom. The Bertz CT molecular complexity index is 143. The summed E-state index contributed by atoms with van der Waals surface area (Å²) in [7, 11) is 0. The Hall–Kier alpha value is -0.621. The molecule has 6 nitrogen and oxygen atoms in total. The average Bonchev–Trinajstić information content (AvgIpc) is 1.88. The Morgan fingerprint density at radius 2 is 1.08 bits per heavy atom. The first kappa shape index (κ1) is 18.2. The maximum Gasteiger partial charge on any atom is 2.00 e. The van der Waals surface area contributed by atoms with Gasteiger partial charge < -0.3 is 21.7 Å². The molecule has 6 N–H and O–H groups in total. The monoisotopic (exact) mass is 233 g/mol. The van der Waals surface area contributed by atoms with E-state index in [4.69, 9.17) is 21.7 Å². The first-order chi connectivity index (χ1) is 5.29. The minimum atomic E-state index is -0.963. The Labute approximate surface area is 86.8 Å². The molecule has 2 atom stereocenters. The molecule has 0 unspecified atom stereocenters. The second kappa shape index (κ2) is 9.47. The minimum Gasteiger partial charge on any atom is -0.480 e. The molecular weight excluding hydrogens is 219 g/mol. The van der Waals surface area contributed by atoms with Crippen LogP contribution >= 0.6 is 0 Å². The largest absolute Gasteiger partial charge is 2.00 e. The predicted octanol–water partition coefficient (Wildman–Crippen LogP) is -1.17. The summed E-state index contributed by atoms with van der Waals surface area (Å²) in [6, 6.07) is -1.46. The smallest absolute Gasteiger partial charge is 0.480 e. The maximum atomic E-state index is 9.57. The summed E-state index contributed by atoms with van der Waals surface area (Å²) in [5, 5.41) is 15.7. The number of rotatable bonds is 2. The van der Waals surface area contributed by atoms with Gasteiger partial charge >= 0.3 is 29.0 Å². The predicted molar refractivity (Wildman–Crippen MR) is 42.6 cm³/mol. The quantitative estimate of drug-likeness (QED) is 0.445. The number of hydrogen-bond donors (Lipinski definition) is 4. The number of hydrogen-bond acceptors (Lipinski definition) is 4. The van der Waals surface area contributed by atoms with Gasteiger partial charge in [0.25, 0.3) is 0 Å². The third kappa shape index (κ3) is 18.4. The third-order valence-electron chi connectivity index (χ3n) is 0.779. The molecule has 0 saturated carbocycles. The van der Waals surface area contributed by atoms with E-state index < -0.39 is 24.0 Å². The van der Waals surface area contributed by atoms with Gasteiger partial charge in [-0.05, 0) is 13.8 Å². The molecule has 7 heteroatoms. The van der Waals surface area contributed by atoms with Crippen molar-refractivity contribution in [3.8, 4) is 0 Å². The van der Waals surface area contributed by atoms with Gasteiger partial charge in [0.2, 0.25) is 0 Å². The van der Waals surface area contributed by atoms with Crippen LogP contribution in [0.2, 0.25) is 0 Å². The molecule has 0 aliphatic carbocycles. The molecule has 0 bridgehead atoms. The Kier molecular flexibility index (Phi) is 13.3. The molecule has 0 aromatic heterocycles. The van der Waals surface area contributed by atoms with E-state index in [1.165, 1.54) is 13.8 Å². The van der Waals surface area contributed by atoms with Crippen molar-refractivity contribution in [3.05, 3.63) is 0 Å². The molecule has 77 valence electrons. The van der Waals surface area contributed by atoms with Crippen molar-refractivity contribution in [2.45, 2.75) is 25.9 Å². The molecule has 0 aromatic carbocycles. The molecule has 0 rings (SSSR count). The summed E-state index contributed by atoms with van der Waals surface area (Å²) in [5.74, 6) is -1.93. The van der Waals surface area contributed by atoms with Crippen LogP contribution in [-0.2, 0) is 26.7 Å². The van der Waals surface area contributed by atoms with Crippen LogP contribution in [0.1, 0.15) is 13.8 Å². The fraction of sp³-hybridized carbons (Fsp3) is 0.667. The molecule has 0 aliphatic rings. The second-order valence-corrected chi connectivity index (χ2v) is 2.25. The molecule has 0 saturated heterocycles. The molecule has 0 heterocycles. The van der Waals surface area contributed by atoms with E-state index in [1.54, 1.807) is 0 Å². The van der Waals surface area contributed by atoms with Crippen LogP contribution in [0.5, 0.6) is 0 Å². The van der Waals surface area contributed by atoms with Gasteiger partial charge in [-0.2, -0.15) is 0 Å². The van der Waals surface area contributed by atoms with Crippen molar-refractivity contribution < 1.29 is 36.9 Å². The summed E-state index contributed by atoms with van der Waals surface area (Å²) in [6.45, 7) is 2.84. The van der Waals surface area contributed by atoms with Crippen molar-refractivity contribution in [2.75, 3.05) is 0 Å². The summed E-state index contributed by atoms with van der Waals surface area (Å²) in [4.78, 5) is 19.1. The van der Waals surface area contributed by atoms with Crippen LogP contribution in [0, 0.1) is 0 Å². The zero-order chi connectivity index (χ0) is 10.3. The topological polar surface area (TPSA) is 127 Å². The molecule has 0 spiro atoms. The summed E-state index contributed by atoms with van der Waals surface area (Å²) in [5.41, 5.74) is 9.67. The van der Waals surface area contributed by atoms with Crippen LogP contribution in [0.4, 0.5) is 0 Å². The van der Waals surface area contributed by atoms with Crippen molar-refractivity contribution >= 4 is 11.9 Å².